The Hall–Kier alpha value is -0.830. The molecule has 0 saturated heterocycles. The molecule has 3 atom stereocenters. The molecule has 1 N–H and O–H groups in total. The third-order valence-electron chi connectivity index (χ3n) is 4.70. The Labute approximate surface area is 117 Å². The highest BCUT2D eigenvalue weighted by molar-refractivity contribution is 4.94. The van der Waals surface area contributed by atoms with Gasteiger partial charge in [-0.2, -0.15) is 0 Å². The molecule has 19 heavy (non-hydrogen) atoms. The van der Waals surface area contributed by atoms with Gasteiger partial charge >= 0.3 is 0 Å². The van der Waals surface area contributed by atoms with E-state index < -0.39 is 0 Å². The van der Waals surface area contributed by atoms with Crippen LogP contribution in [0.2, 0.25) is 0 Å². The monoisotopic (exact) mass is 263 g/mol. The molecule has 3 unspecified atom stereocenters. The smallest absolute Gasteiger partial charge is 0.108 e. The van der Waals surface area contributed by atoms with Gasteiger partial charge < -0.3 is 9.88 Å². The lowest BCUT2D eigenvalue weighted by Gasteiger charge is -2.28. The third kappa shape index (κ3) is 3.82. The quantitative estimate of drug-likeness (QED) is 0.819. The van der Waals surface area contributed by atoms with Gasteiger partial charge in [0.2, 0.25) is 0 Å². The van der Waals surface area contributed by atoms with Crippen LogP contribution in [0.3, 0.4) is 0 Å². The zero-order valence-electron chi connectivity index (χ0n) is 12.7. The van der Waals surface area contributed by atoms with Gasteiger partial charge in [0.25, 0.3) is 0 Å². The Morgan fingerprint density at radius 3 is 2.89 bits per heavy atom. The van der Waals surface area contributed by atoms with E-state index >= 15 is 0 Å². The predicted octanol–water partition coefficient (Wildman–Crippen LogP) is 3.16. The van der Waals surface area contributed by atoms with Crippen LogP contribution in [0.5, 0.6) is 0 Å². The molecule has 0 aromatic carbocycles. The highest BCUT2D eigenvalue weighted by Gasteiger charge is 2.30. The first-order valence-corrected chi connectivity index (χ1v) is 7.92. The number of hydrogen-bond acceptors (Lipinski definition) is 2. The highest BCUT2D eigenvalue weighted by Crippen LogP contribution is 2.35. The van der Waals surface area contributed by atoms with Gasteiger partial charge in [-0.3, -0.25) is 0 Å². The van der Waals surface area contributed by atoms with E-state index in [-0.39, 0.29) is 0 Å². The van der Waals surface area contributed by atoms with Crippen molar-refractivity contribution in [3.05, 3.63) is 18.2 Å². The third-order valence-corrected chi connectivity index (χ3v) is 4.70. The number of aromatic nitrogens is 2. The molecule has 3 heteroatoms. The fraction of sp³-hybridized carbons (Fsp3) is 0.812. The van der Waals surface area contributed by atoms with Gasteiger partial charge in [-0.25, -0.2) is 4.98 Å². The Kier molecular flexibility index (Phi) is 5.44. The molecule has 2 rings (SSSR count). The molecule has 108 valence electrons. The summed E-state index contributed by atoms with van der Waals surface area (Å²) in [6, 6.07) is 0.675. The minimum Gasteiger partial charge on any atom is -0.338 e. The molecule has 0 radical (unpaired) electrons. The molecular formula is C16H29N3. The first-order valence-electron chi connectivity index (χ1n) is 7.92. The van der Waals surface area contributed by atoms with E-state index in [0.29, 0.717) is 6.04 Å². The van der Waals surface area contributed by atoms with Crippen molar-refractivity contribution in [2.24, 2.45) is 18.9 Å². The lowest BCUT2D eigenvalue weighted by Crippen LogP contribution is -2.38. The molecule has 1 aromatic rings. The number of nitrogens with zero attached hydrogens (tertiary/aromatic N) is 2. The Morgan fingerprint density at radius 1 is 1.47 bits per heavy atom. The first-order chi connectivity index (χ1) is 9.22. The molecule has 1 fully saturated rings. The van der Waals surface area contributed by atoms with Gasteiger partial charge in [0.15, 0.2) is 0 Å². The van der Waals surface area contributed by atoms with Crippen molar-refractivity contribution in [3.8, 4) is 0 Å². The van der Waals surface area contributed by atoms with Crippen LogP contribution in [0, 0.1) is 11.8 Å². The fourth-order valence-corrected chi connectivity index (χ4v) is 3.49. The molecule has 3 nitrogen and oxygen atoms in total. The second kappa shape index (κ2) is 7.09. The van der Waals surface area contributed by atoms with Gasteiger partial charge in [-0.1, -0.05) is 26.7 Å². The second-order valence-electron chi connectivity index (χ2n) is 6.13. The van der Waals surface area contributed by atoms with E-state index in [1.807, 2.05) is 12.4 Å². The zero-order chi connectivity index (χ0) is 13.7. The lowest BCUT2D eigenvalue weighted by atomic mass is 9.87. The van der Waals surface area contributed by atoms with E-state index in [2.05, 4.69) is 35.8 Å². The van der Waals surface area contributed by atoms with Crippen LogP contribution in [0.1, 0.15) is 51.8 Å². The van der Waals surface area contributed by atoms with Gasteiger partial charge in [0, 0.05) is 31.9 Å². The zero-order valence-corrected chi connectivity index (χ0v) is 12.7. The summed E-state index contributed by atoms with van der Waals surface area (Å²) >= 11 is 0. The van der Waals surface area contributed by atoms with E-state index in [0.717, 1.165) is 24.8 Å². The maximum Gasteiger partial charge on any atom is 0.108 e. The van der Waals surface area contributed by atoms with Crippen LogP contribution < -0.4 is 5.32 Å². The van der Waals surface area contributed by atoms with Crippen LogP contribution >= 0.6 is 0 Å². The van der Waals surface area contributed by atoms with Gasteiger partial charge in [-0.15, -0.1) is 0 Å². The molecule has 1 aromatic heterocycles. The van der Waals surface area contributed by atoms with Crippen molar-refractivity contribution in [3.63, 3.8) is 0 Å². The van der Waals surface area contributed by atoms with Gasteiger partial charge in [0.05, 0.1) is 0 Å². The van der Waals surface area contributed by atoms with Crippen LogP contribution in [0.15, 0.2) is 12.4 Å². The fourth-order valence-electron chi connectivity index (χ4n) is 3.49. The van der Waals surface area contributed by atoms with Gasteiger partial charge in [0.1, 0.15) is 5.82 Å². The van der Waals surface area contributed by atoms with Gasteiger partial charge in [-0.05, 0) is 37.6 Å². The number of aryl methyl sites for hydroxylation is 2. The summed E-state index contributed by atoms with van der Waals surface area (Å²) in [5, 5.41) is 3.79. The van der Waals surface area contributed by atoms with Crippen LogP contribution in [-0.2, 0) is 13.5 Å². The molecule has 1 heterocycles. The average Bonchev–Trinajstić information content (AvgIpc) is 2.99. The number of imidazole rings is 1. The van der Waals surface area contributed by atoms with Crippen LogP contribution in [0.4, 0.5) is 0 Å². The Bertz CT molecular complexity index is 372. The minimum atomic E-state index is 0.675. The normalized spacial score (nSPS) is 24.8. The molecular weight excluding hydrogens is 234 g/mol. The van der Waals surface area contributed by atoms with E-state index in [4.69, 9.17) is 0 Å². The highest BCUT2D eigenvalue weighted by atomic mass is 15.0. The summed E-state index contributed by atoms with van der Waals surface area (Å²) in [6.45, 7) is 5.83. The summed E-state index contributed by atoms with van der Waals surface area (Å²) < 4.78 is 2.15. The summed E-state index contributed by atoms with van der Waals surface area (Å²) in [4.78, 5) is 4.45. The van der Waals surface area contributed by atoms with Crippen LogP contribution in [0.25, 0.3) is 0 Å². The molecule has 0 aliphatic heterocycles. The molecule has 0 bridgehead atoms. The summed E-state index contributed by atoms with van der Waals surface area (Å²) in [7, 11) is 2.09. The van der Waals surface area contributed by atoms with Crippen LogP contribution in [-0.4, -0.2) is 22.1 Å². The SMILES string of the molecule is CCCNC(CCc1nccn1C)C1CCCC1C. The molecule has 1 saturated carbocycles. The van der Waals surface area contributed by atoms with Crippen molar-refractivity contribution >= 4 is 0 Å². The molecule has 0 spiro atoms. The largest absolute Gasteiger partial charge is 0.338 e. The average molecular weight is 263 g/mol. The second-order valence-corrected chi connectivity index (χ2v) is 6.13. The number of hydrogen-bond donors (Lipinski definition) is 1. The lowest BCUT2D eigenvalue weighted by molar-refractivity contribution is 0.282. The van der Waals surface area contributed by atoms with E-state index in [1.54, 1.807) is 0 Å². The van der Waals surface area contributed by atoms with Crippen molar-refractivity contribution in [1.82, 2.24) is 14.9 Å². The van der Waals surface area contributed by atoms with Crippen molar-refractivity contribution in [2.75, 3.05) is 6.54 Å². The maximum atomic E-state index is 4.45. The number of rotatable bonds is 7. The minimum absolute atomic E-state index is 0.675. The van der Waals surface area contributed by atoms with E-state index in [1.165, 1.54) is 37.9 Å². The van der Waals surface area contributed by atoms with Crippen molar-refractivity contribution in [2.45, 2.75) is 58.4 Å². The maximum absolute atomic E-state index is 4.45. The van der Waals surface area contributed by atoms with Crippen molar-refractivity contribution < 1.29 is 0 Å². The summed E-state index contributed by atoms with van der Waals surface area (Å²) in [6.07, 6.45) is 11.7. The van der Waals surface area contributed by atoms with E-state index in [9.17, 15) is 0 Å². The topological polar surface area (TPSA) is 29.9 Å². The van der Waals surface area contributed by atoms with Crippen molar-refractivity contribution in [1.29, 1.82) is 0 Å². The summed E-state index contributed by atoms with van der Waals surface area (Å²) in [5.41, 5.74) is 0. The molecule has 1 aliphatic rings. The Balaban J connectivity index is 1.91. The predicted molar refractivity (Wildman–Crippen MR) is 80.1 cm³/mol. The Morgan fingerprint density at radius 2 is 2.32 bits per heavy atom. The molecule has 0 amide bonds. The summed E-state index contributed by atoms with van der Waals surface area (Å²) in [5.74, 6) is 2.97. The first kappa shape index (κ1) is 14.6. The molecule has 1 aliphatic carbocycles. The number of nitrogens with one attached hydrogen (secondary N) is 1. The standard InChI is InChI=1S/C16H29N3/c1-4-10-17-15(14-7-5-6-13(14)2)8-9-16-18-11-12-19(16)3/h11-15,17H,4-10H2,1-3H3.